The highest BCUT2D eigenvalue weighted by Gasteiger charge is 2.16. The number of unbranched alkanes of at least 4 members (excludes halogenated alkanes) is 14. The minimum atomic E-state index is 0. The summed E-state index contributed by atoms with van der Waals surface area (Å²) in [5.74, 6) is 13.8. The first-order chi connectivity index (χ1) is 37.7. The molecule has 0 radical (unpaired) electrons. The van der Waals surface area contributed by atoms with E-state index in [0.717, 1.165) is 24.0 Å². The Bertz CT molecular complexity index is 3660. The van der Waals surface area contributed by atoms with E-state index in [9.17, 15) is 0 Å². The average Bonchev–Trinajstić information content (AvgIpc) is 3.95. The van der Waals surface area contributed by atoms with E-state index in [1.54, 1.807) is 21.5 Å². The van der Waals surface area contributed by atoms with Gasteiger partial charge in [0.15, 0.2) is 0 Å². The molecule has 8 heteroatoms. The van der Waals surface area contributed by atoms with Crippen LogP contribution in [0.3, 0.4) is 0 Å². The SMILES string of the molecule is C.CCCCCCC#Cc1cc2ccc3c4cc(SC)c(C#CCCCCCC)cc4ccc3c2cc1C.CCCCCCc1sc2cc3c(ccc4c5cc6sc(CCCCCC)c(I)c6cc5ccc34)cc2c1I.II.N. The number of rotatable bonds is 19. The lowest BCUT2D eigenvalue weighted by Crippen LogP contribution is -1.88. The Morgan fingerprint density at radius 3 is 1.20 bits per heavy atom. The van der Waals surface area contributed by atoms with Crippen LogP contribution >= 0.6 is 117 Å². The van der Waals surface area contributed by atoms with Crippen molar-refractivity contribution in [3.05, 3.63) is 131 Å². The third-order valence-electron chi connectivity index (χ3n) is 15.2. The molecule has 2 aromatic heterocycles. The monoisotopic (exact) mass is 1550 g/mol. The minimum absolute atomic E-state index is 0. The van der Waals surface area contributed by atoms with Crippen molar-refractivity contribution in [2.45, 2.75) is 175 Å². The van der Waals surface area contributed by atoms with Gasteiger partial charge in [-0.15, -0.1) is 34.4 Å². The Hall–Kier alpha value is -2.41. The van der Waals surface area contributed by atoms with Crippen LogP contribution in [0.25, 0.3) is 84.8 Å². The molecule has 0 saturated carbocycles. The zero-order chi connectivity index (χ0) is 54.3. The molecule has 3 N–H and O–H groups in total. The Kier molecular flexibility index (Phi) is 27.6. The van der Waals surface area contributed by atoms with Crippen LogP contribution in [0, 0.1) is 37.7 Å². The summed E-state index contributed by atoms with van der Waals surface area (Å²) in [6, 6.07) is 37.6. The van der Waals surface area contributed by atoms with Gasteiger partial charge in [0.2, 0.25) is 0 Å². The highest BCUT2D eigenvalue weighted by Crippen LogP contribution is 2.42. The highest BCUT2D eigenvalue weighted by atomic mass is 128. The van der Waals surface area contributed by atoms with Gasteiger partial charge < -0.3 is 6.15 Å². The number of thioether (sulfide) groups is 1. The molecule has 0 aliphatic heterocycles. The number of benzene rings is 8. The maximum absolute atomic E-state index is 3.47. The molecule has 0 atom stereocenters. The predicted molar refractivity (Wildman–Crippen MR) is 397 cm³/mol. The highest BCUT2D eigenvalue weighted by molar-refractivity contribution is 15.0. The van der Waals surface area contributed by atoms with Crippen molar-refractivity contribution in [1.29, 1.82) is 0 Å². The lowest BCUT2D eigenvalue weighted by molar-refractivity contribution is 0.669. The molecule has 10 aromatic rings. The van der Waals surface area contributed by atoms with Crippen LogP contribution in [0.2, 0.25) is 0 Å². The van der Waals surface area contributed by atoms with Gasteiger partial charge in [-0.05, 0) is 216 Å². The average molecular weight is 1550 g/mol. The van der Waals surface area contributed by atoms with Crippen molar-refractivity contribution in [2.75, 3.05) is 6.26 Å². The molecule has 416 valence electrons. The summed E-state index contributed by atoms with van der Waals surface area (Å²) in [6.45, 7) is 11.3. The smallest absolute Gasteiger partial charge is 0.0387 e. The molecule has 0 aliphatic rings. The van der Waals surface area contributed by atoms with E-state index in [-0.39, 0.29) is 13.6 Å². The molecule has 1 nitrogen and oxygen atoms in total. The summed E-state index contributed by atoms with van der Waals surface area (Å²) in [5, 5.41) is 18.9. The zero-order valence-electron chi connectivity index (χ0n) is 46.8. The summed E-state index contributed by atoms with van der Waals surface area (Å²) in [4.78, 5) is 4.41. The number of hydrogen-bond donors (Lipinski definition) is 1. The van der Waals surface area contributed by atoms with E-state index in [0.29, 0.717) is 0 Å². The van der Waals surface area contributed by atoms with Crippen LogP contribution in [-0.4, -0.2) is 6.26 Å². The summed E-state index contributed by atoms with van der Waals surface area (Å²) in [6.07, 6.45) is 27.3. The Morgan fingerprint density at radius 1 is 0.418 bits per heavy atom. The largest absolute Gasteiger partial charge is 0.344 e. The van der Waals surface area contributed by atoms with Gasteiger partial charge in [0.1, 0.15) is 0 Å². The molecule has 2 heterocycles. The van der Waals surface area contributed by atoms with E-state index in [1.165, 1.54) is 218 Å². The second-order valence-corrected chi connectivity index (χ2v) is 26.1. The Balaban J connectivity index is 0.000000242. The van der Waals surface area contributed by atoms with Crippen LogP contribution in [-0.2, 0) is 12.8 Å². The Labute approximate surface area is 537 Å². The molecule has 10 rings (SSSR count). The van der Waals surface area contributed by atoms with E-state index in [1.807, 2.05) is 22.7 Å². The van der Waals surface area contributed by atoms with Gasteiger partial charge >= 0.3 is 0 Å². The van der Waals surface area contributed by atoms with Crippen molar-refractivity contribution in [1.82, 2.24) is 6.15 Å². The molecular formula is C71H81I4NS3. The van der Waals surface area contributed by atoms with Crippen LogP contribution < -0.4 is 6.15 Å². The second kappa shape index (κ2) is 33.2. The van der Waals surface area contributed by atoms with Gasteiger partial charge in [-0.2, -0.15) is 0 Å². The molecule has 8 aromatic carbocycles. The van der Waals surface area contributed by atoms with Crippen LogP contribution in [0.4, 0.5) is 0 Å². The van der Waals surface area contributed by atoms with E-state index >= 15 is 0 Å². The van der Waals surface area contributed by atoms with E-state index < -0.39 is 0 Å². The third-order valence-corrected chi connectivity index (χ3v) is 21.6. The Morgan fingerprint density at radius 2 is 0.785 bits per heavy atom. The maximum Gasteiger partial charge on any atom is 0.0387 e. The fraction of sp³-hybridized carbons (Fsp3) is 0.380. The number of hydrogen-bond acceptors (Lipinski definition) is 4. The fourth-order valence-electron chi connectivity index (χ4n) is 10.9. The predicted octanol–water partition coefficient (Wildman–Crippen LogP) is 26.4. The molecule has 0 aliphatic carbocycles. The summed E-state index contributed by atoms with van der Waals surface area (Å²) in [7, 11) is 0. The van der Waals surface area contributed by atoms with Gasteiger partial charge in [-0.1, -0.05) is 184 Å². The zero-order valence-corrected chi connectivity index (χ0v) is 57.9. The standard InChI is InChI=1S/C36H40S.C34H34I2S2.CH4.I2.H3N/c1-5-7-9-11-13-15-17-28-24-29-19-22-33-32(34(29)23-27(28)3)21-20-30-25-31(36(37-4)26-35(30)33)18-16-14-12-10-8-6-2;1-3-5-7-9-11-29-33(35)27-17-21-13-15-24-23(25(21)19-31(27)37-29)16-14-22-18-28-32(20-26(22)24)38-30(34(28)36)12-10-8-6-4-2;;1-2;/h19-26H,5-14H2,1-4H3;13-20H,3-12H2,1-2H3;1H4;;1H3. The molecule has 79 heavy (non-hydrogen) atoms. The van der Waals surface area contributed by atoms with E-state index in [4.69, 9.17) is 0 Å². The topological polar surface area (TPSA) is 35.0 Å². The van der Waals surface area contributed by atoms with Gasteiger partial charge in [0.05, 0.1) is 0 Å². The van der Waals surface area contributed by atoms with E-state index in [2.05, 4.69) is 244 Å². The summed E-state index contributed by atoms with van der Waals surface area (Å²) >= 11 is 15.3. The first-order valence-electron chi connectivity index (χ1n) is 28.5. The first kappa shape index (κ1) is 65.7. The number of fused-ring (bicyclic) bond motifs is 12. The van der Waals surface area contributed by atoms with Gasteiger partial charge in [-0.25, -0.2) is 0 Å². The number of halogens is 4. The summed E-state index contributed by atoms with van der Waals surface area (Å²) in [5.41, 5.74) is 3.57. The van der Waals surface area contributed by atoms with Gasteiger partial charge in [0.25, 0.3) is 0 Å². The lowest BCUT2D eigenvalue weighted by atomic mass is 9.94. The maximum atomic E-state index is 3.47. The molecule has 0 unspecified atom stereocenters. The molecule has 0 fully saturated rings. The molecule has 0 spiro atoms. The van der Waals surface area contributed by atoms with Crippen LogP contribution in [0.5, 0.6) is 0 Å². The van der Waals surface area contributed by atoms with Gasteiger partial charge in [0, 0.05) is 103 Å². The van der Waals surface area contributed by atoms with Gasteiger partial charge in [-0.3, -0.25) is 0 Å². The van der Waals surface area contributed by atoms with Crippen molar-refractivity contribution in [2.24, 2.45) is 0 Å². The molecule has 0 saturated heterocycles. The molecule has 0 amide bonds. The summed E-state index contributed by atoms with van der Waals surface area (Å²) < 4.78 is 5.83. The van der Waals surface area contributed by atoms with Crippen LogP contribution in [0.1, 0.15) is 177 Å². The van der Waals surface area contributed by atoms with Crippen molar-refractivity contribution < 1.29 is 0 Å². The van der Waals surface area contributed by atoms with Crippen molar-refractivity contribution in [3.63, 3.8) is 0 Å². The number of aryl methyl sites for hydroxylation is 3. The molecule has 0 bridgehead atoms. The fourth-order valence-corrected chi connectivity index (χ4v) is 16.2. The van der Waals surface area contributed by atoms with Crippen molar-refractivity contribution >= 4 is 202 Å². The lowest BCUT2D eigenvalue weighted by Gasteiger charge is -2.11. The third kappa shape index (κ3) is 16.1. The number of thiophene rings is 2. The quantitative estimate of drug-likeness (QED) is 0.0288. The minimum Gasteiger partial charge on any atom is -0.344 e. The molecular weight excluding hydrogens is 1470 g/mol. The first-order valence-corrected chi connectivity index (χ1v) is 39.8. The van der Waals surface area contributed by atoms with Crippen molar-refractivity contribution in [3.8, 4) is 23.7 Å². The second-order valence-electron chi connectivity index (χ2n) is 20.8. The van der Waals surface area contributed by atoms with Crippen LogP contribution in [0.15, 0.2) is 102 Å². The normalized spacial score (nSPS) is 11.1.